The van der Waals surface area contributed by atoms with E-state index in [1.807, 2.05) is 0 Å². The molecule has 0 amide bonds. The molecule has 0 saturated carbocycles. The van der Waals surface area contributed by atoms with Crippen molar-refractivity contribution in [1.29, 1.82) is 0 Å². The molecule has 0 unspecified atom stereocenters. The molecule has 0 saturated heterocycles. The number of aryl methyl sites for hydroxylation is 4. The van der Waals surface area contributed by atoms with E-state index in [2.05, 4.69) is 0 Å². The number of hydrogen-bond acceptors (Lipinski definition) is 2. The third-order valence-electron chi connectivity index (χ3n) is 3.57. The Bertz CT molecular complexity index is 835. The van der Waals surface area contributed by atoms with Gasteiger partial charge in [0.2, 0.25) is 0 Å². The van der Waals surface area contributed by atoms with Gasteiger partial charge in [0.15, 0.2) is 0 Å². The van der Waals surface area contributed by atoms with Crippen molar-refractivity contribution in [2.75, 3.05) is 0 Å². The van der Waals surface area contributed by atoms with Crippen molar-refractivity contribution in [2.45, 2.75) is 31.0 Å². The normalized spacial score (nSPS) is 13.8. The summed E-state index contributed by atoms with van der Waals surface area (Å²) in [5.41, 5.74) is 2.15. The van der Waals surface area contributed by atoms with E-state index in [-0.39, 0.29) is 7.14 Å². The van der Waals surface area contributed by atoms with Crippen molar-refractivity contribution in [3.63, 3.8) is 0 Å². The van der Waals surface area contributed by atoms with Crippen molar-refractivity contribution in [3.05, 3.63) is 65.8 Å². The van der Waals surface area contributed by atoms with Gasteiger partial charge >= 0.3 is 150 Å². The number of halogens is 4. The van der Waals surface area contributed by atoms with Crippen LogP contribution in [0, 0.1) is 34.8 Å². The Hall–Kier alpha value is -1.13. The molecule has 0 aromatic heterocycles. The van der Waals surface area contributed by atoms with Crippen molar-refractivity contribution < 1.29 is 43.6 Å². The third-order valence-corrected chi connectivity index (χ3v) is 13.7. The minimum absolute atomic E-state index is 0.350. The molecule has 0 heterocycles. The number of alkyl halides is 3. The summed E-state index contributed by atoms with van der Waals surface area (Å²) in [5, 5.41) is 0. The number of benzene rings is 2. The van der Waals surface area contributed by atoms with Crippen LogP contribution in [0.1, 0.15) is 22.3 Å². The first-order valence-corrected chi connectivity index (χ1v) is 12.8. The van der Waals surface area contributed by atoms with Gasteiger partial charge in [-0.2, -0.15) is 0 Å². The zero-order valence-corrected chi connectivity index (χ0v) is 17.1. The molecule has 2 aromatic carbocycles. The second-order valence-corrected chi connectivity index (χ2v) is 14.9. The molecule has 8 heteroatoms. The fourth-order valence-electron chi connectivity index (χ4n) is 2.65. The van der Waals surface area contributed by atoms with Crippen molar-refractivity contribution in [1.82, 2.24) is 0 Å². The van der Waals surface area contributed by atoms with Crippen LogP contribution in [0.5, 0.6) is 0 Å². The molecule has 3 nitrogen and oxygen atoms in total. The van der Waals surface area contributed by atoms with E-state index in [4.69, 9.17) is 4.55 Å². The van der Waals surface area contributed by atoms with Crippen molar-refractivity contribution in [3.8, 4) is 0 Å². The predicted octanol–water partition coefficient (Wildman–Crippen LogP) is 1.44. The van der Waals surface area contributed by atoms with Gasteiger partial charge < -0.3 is 0 Å². The van der Waals surface area contributed by atoms with Gasteiger partial charge in [-0.15, -0.1) is 0 Å². The van der Waals surface area contributed by atoms with Crippen LogP contribution in [-0.2, 0) is 10.1 Å². The zero-order chi connectivity index (χ0) is 19.2. The van der Waals surface area contributed by atoms with Crippen molar-refractivity contribution in [2.24, 2.45) is 0 Å². The van der Waals surface area contributed by atoms with Gasteiger partial charge in [0.1, 0.15) is 0 Å². The fraction of sp³-hybridized carbons (Fsp3) is 0.294. The van der Waals surface area contributed by atoms with E-state index >= 15 is 2.86 Å². The van der Waals surface area contributed by atoms with Crippen molar-refractivity contribution >= 4 is 10.1 Å². The van der Waals surface area contributed by atoms with Crippen LogP contribution in [0.25, 0.3) is 0 Å². The Morgan fingerprint density at radius 1 is 0.800 bits per heavy atom. The molecule has 0 bridgehead atoms. The first-order valence-electron chi connectivity index (χ1n) is 7.27. The third kappa shape index (κ3) is 3.56. The van der Waals surface area contributed by atoms with E-state index < -0.39 is 32.4 Å². The summed E-state index contributed by atoms with van der Waals surface area (Å²) >= 11 is -6.23. The predicted molar refractivity (Wildman–Crippen MR) is 86.8 cm³/mol. The van der Waals surface area contributed by atoms with Gasteiger partial charge in [-0.05, 0) is 0 Å². The van der Waals surface area contributed by atoms with Gasteiger partial charge in [0.05, 0.1) is 0 Å². The SMILES string of the molecule is Cc1cc(C)cc([I-](F)(c2cc(C)cc(C)c2)C(F)(F)S(=O)(=O)O)c1. The fourth-order valence-corrected chi connectivity index (χ4v) is 12.3. The Labute approximate surface area is 150 Å². The molecule has 1 N–H and O–H groups in total. The molecule has 2 aromatic rings. The van der Waals surface area contributed by atoms with Crippen LogP contribution in [-0.4, -0.2) is 16.2 Å². The zero-order valence-electron chi connectivity index (χ0n) is 14.1. The minimum atomic E-state index is -6.23. The van der Waals surface area contributed by atoms with Gasteiger partial charge in [-0.25, -0.2) is 0 Å². The molecule has 0 aliphatic heterocycles. The Balaban J connectivity index is 2.94. The second kappa shape index (κ2) is 6.55. The van der Waals surface area contributed by atoms with E-state index in [0.717, 1.165) is 0 Å². The molecule has 2 rings (SSSR count). The van der Waals surface area contributed by atoms with Crippen LogP contribution in [0.4, 0.5) is 11.6 Å². The molecule has 0 fully saturated rings. The summed E-state index contributed by atoms with van der Waals surface area (Å²) in [4.78, 5) is 0. The van der Waals surface area contributed by atoms with E-state index in [1.165, 1.54) is 24.3 Å². The Morgan fingerprint density at radius 2 is 1.08 bits per heavy atom. The molecule has 140 valence electrons. The summed E-state index contributed by atoms with van der Waals surface area (Å²) in [6.07, 6.45) is 0. The van der Waals surface area contributed by atoms with E-state index in [1.54, 1.807) is 39.8 Å². The maximum atomic E-state index is 16.1. The van der Waals surface area contributed by atoms with Gasteiger partial charge in [-0.3, -0.25) is 0 Å². The van der Waals surface area contributed by atoms with Crippen LogP contribution in [0.15, 0.2) is 36.4 Å². The molecule has 0 spiro atoms. The number of rotatable bonds is 4. The van der Waals surface area contributed by atoms with E-state index in [9.17, 15) is 17.2 Å². The molecular formula is C17H19F3IO3S-. The van der Waals surface area contributed by atoms with Gasteiger partial charge in [0.25, 0.3) is 0 Å². The average molecular weight is 487 g/mol. The molecule has 0 atom stereocenters. The van der Waals surface area contributed by atoms with E-state index in [0.29, 0.717) is 22.3 Å². The summed E-state index contributed by atoms with van der Waals surface area (Å²) in [5.74, 6) is 0. The van der Waals surface area contributed by atoms with Gasteiger partial charge in [0, 0.05) is 0 Å². The maximum absolute atomic E-state index is 16.1. The molecule has 25 heavy (non-hydrogen) atoms. The summed E-state index contributed by atoms with van der Waals surface area (Å²) in [6.45, 7) is 6.46. The second-order valence-electron chi connectivity index (χ2n) is 6.03. The summed E-state index contributed by atoms with van der Waals surface area (Å²) in [7, 11) is -5.94. The van der Waals surface area contributed by atoms with Crippen LogP contribution in [0.3, 0.4) is 0 Å². The quantitative estimate of drug-likeness (QED) is 0.404. The molecular weight excluding hydrogens is 468 g/mol. The summed E-state index contributed by atoms with van der Waals surface area (Å²) < 4.78 is 71.9. The molecule has 0 aliphatic rings. The van der Waals surface area contributed by atoms with Gasteiger partial charge in [-0.1, -0.05) is 0 Å². The topological polar surface area (TPSA) is 54.4 Å². The number of hydrogen-bond donors (Lipinski definition) is 1. The molecule has 0 radical (unpaired) electrons. The molecule has 0 aliphatic carbocycles. The Kier molecular flexibility index (Phi) is 5.29. The standard InChI is InChI=1S/C17H19F3IO3S/c1-11-5-12(2)8-15(7-11)21(20,17(18,19)25(22,23)24)16-9-13(3)6-14(4)10-16/h5-10H,1-4H3,(H,22,23,24)/q-1. The Morgan fingerprint density at radius 3 is 1.32 bits per heavy atom. The summed E-state index contributed by atoms with van der Waals surface area (Å²) in [6, 6.07) is 8.30. The first-order chi connectivity index (χ1) is 11.3. The average Bonchev–Trinajstić information content (AvgIpc) is 2.42. The van der Waals surface area contributed by atoms with Crippen LogP contribution < -0.4 is 19.0 Å². The first kappa shape index (κ1) is 20.2. The van der Waals surface area contributed by atoms with Crippen LogP contribution in [0.2, 0.25) is 0 Å². The monoisotopic (exact) mass is 487 g/mol. The van der Waals surface area contributed by atoms with Crippen LogP contribution >= 0.6 is 0 Å².